The molecule has 2 aliphatic rings. The van der Waals surface area contributed by atoms with E-state index in [1.165, 1.54) is 0 Å². The molecule has 6 nitrogen and oxygen atoms in total. The quantitative estimate of drug-likeness (QED) is 0.761. The van der Waals surface area contributed by atoms with E-state index in [1.54, 1.807) is 17.0 Å². The third-order valence-electron chi connectivity index (χ3n) is 5.07. The highest BCUT2D eigenvalue weighted by Gasteiger charge is 2.40. The predicted octanol–water partition coefficient (Wildman–Crippen LogP) is 1.35. The summed E-state index contributed by atoms with van der Waals surface area (Å²) in [6.07, 6.45) is 0.0701. The molecule has 7 heteroatoms. The number of carbonyl (C=O) groups is 1. The van der Waals surface area contributed by atoms with E-state index >= 15 is 0 Å². The fourth-order valence-corrected chi connectivity index (χ4v) is 3.55. The minimum absolute atomic E-state index is 0.151. The van der Waals surface area contributed by atoms with Gasteiger partial charge in [-0.25, -0.2) is 0 Å². The Morgan fingerprint density at radius 2 is 2.08 bits per heavy atom. The monoisotopic (exact) mass is 354 g/mol. The van der Waals surface area contributed by atoms with Gasteiger partial charge in [-0.2, -0.15) is 0 Å². The second-order valence-electron chi connectivity index (χ2n) is 6.67. The lowest BCUT2D eigenvalue weighted by molar-refractivity contribution is -0.188. The molecule has 0 radical (unpaired) electrons. The molecule has 24 heavy (non-hydrogen) atoms. The Labute approximate surface area is 146 Å². The number of phenolic OH excluding ortho intramolecular Hbond substituents is 1. The molecular formula is C17H23ClN2O4. The van der Waals surface area contributed by atoms with Crippen molar-refractivity contribution in [1.82, 2.24) is 4.90 Å². The predicted molar refractivity (Wildman–Crippen MR) is 89.8 cm³/mol. The zero-order chi connectivity index (χ0) is 17.4. The number of piperidine rings is 1. The topological polar surface area (TPSA) is 96.0 Å². The van der Waals surface area contributed by atoms with Crippen molar-refractivity contribution in [2.75, 3.05) is 19.7 Å². The SMILES string of the molecule is Cc1cc(O)c([C@H](N)C2CCN(C(=O)C3OCC3O)CC2)cc1Cl. The number of amides is 1. The molecule has 0 aromatic heterocycles. The molecule has 0 spiro atoms. The third kappa shape index (κ3) is 3.24. The molecule has 0 aliphatic carbocycles. The lowest BCUT2D eigenvalue weighted by Crippen LogP contribution is -2.56. The van der Waals surface area contributed by atoms with E-state index < -0.39 is 12.2 Å². The minimum Gasteiger partial charge on any atom is -0.508 e. The largest absolute Gasteiger partial charge is 0.508 e. The van der Waals surface area contributed by atoms with Crippen LogP contribution >= 0.6 is 11.6 Å². The summed E-state index contributed by atoms with van der Waals surface area (Å²) >= 11 is 6.15. The summed E-state index contributed by atoms with van der Waals surface area (Å²) in [5.74, 6) is 0.168. The molecule has 0 bridgehead atoms. The van der Waals surface area contributed by atoms with Crippen molar-refractivity contribution in [2.24, 2.45) is 11.7 Å². The van der Waals surface area contributed by atoms with Gasteiger partial charge in [0.05, 0.1) is 6.61 Å². The van der Waals surface area contributed by atoms with Gasteiger partial charge in [0, 0.05) is 29.7 Å². The standard InChI is InChI=1S/C17H23ClN2O4/c1-9-6-13(21)11(7-12(9)18)15(19)10-2-4-20(5-3-10)17(23)16-14(22)8-24-16/h6-7,10,14-16,21-22H,2-5,8,19H2,1H3/t14?,15-,16?/m1/s1. The van der Waals surface area contributed by atoms with Crippen LogP contribution in [0.4, 0.5) is 0 Å². The molecule has 2 aliphatic heterocycles. The number of hydrogen-bond donors (Lipinski definition) is 3. The molecular weight excluding hydrogens is 332 g/mol. The number of aliphatic hydroxyl groups excluding tert-OH is 1. The normalized spacial score (nSPS) is 26.1. The van der Waals surface area contributed by atoms with Crippen molar-refractivity contribution in [3.05, 3.63) is 28.3 Å². The van der Waals surface area contributed by atoms with E-state index in [0.29, 0.717) is 23.7 Å². The van der Waals surface area contributed by atoms with Gasteiger partial charge in [0.1, 0.15) is 11.9 Å². The number of phenols is 1. The van der Waals surface area contributed by atoms with Crippen LogP contribution in [0.15, 0.2) is 12.1 Å². The number of likely N-dealkylation sites (tertiary alicyclic amines) is 1. The number of ether oxygens (including phenoxy) is 1. The molecule has 1 amide bonds. The summed E-state index contributed by atoms with van der Waals surface area (Å²) in [6, 6.07) is 3.03. The van der Waals surface area contributed by atoms with Crippen molar-refractivity contribution < 1.29 is 19.7 Å². The van der Waals surface area contributed by atoms with Crippen LogP contribution in [0.5, 0.6) is 5.75 Å². The van der Waals surface area contributed by atoms with Crippen molar-refractivity contribution in [3.63, 3.8) is 0 Å². The van der Waals surface area contributed by atoms with Crippen LogP contribution < -0.4 is 5.73 Å². The van der Waals surface area contributed by atoms with Crippen LogP contribution in [0, 0.1) is 12.8 Å². The van der Waals surface area contributed by atoms with Crippen molar-refractivity contribution in [3.8, 4) is 5.75 Å². The second kappa shape index (κ2) is 6.88. The van der Waals surface area contributed by atoms with E-state index in [2.05, 4.69) is 0 Å². The van der Waals surface area contributed by atoms with E-state index in [4.69, 9.17) is 22.1 Å². The number of aromatic hydroxyl groups is 1. The first kappa shape index (κ1) is 17.5. The first-order valence-electron chi connectivity index (χ1n) is 8.21. The summed E-state index contributed by atoms with van der Waals surface area (Å²) in [4.78, 5) is 13.9. The lowest BCUT2D eigenvalue weighted by atomic mass is 9.85. The number of nitrogens with zero attached hydrogens (tertiary/aromatic N) is 1. The fraction of sp³-hybridized carbons (Fsp3) is 0.588. The van der Waals surface area contributed by atoms with Gasteiger partial charge in [-0.1, -0.05) is 11.6 Å². The minimum atomic E-state index is -0.713. The molecule has 2 fully saturated rings. The highest BCUT2D eigenvalue weighted by Crippen LogP contribution is 2.36. The van der Waals surface area contributed by atoms with Crippen LogP contribution in [0.1, 0.15) is 30.0 Å². The van der Waals surface area contributed by atoms with Gasteiger partial charge < -0.3 is 25.6 Å². The van der Waals surface area contributed by atoms with Crippen LogP contribution in [-0.2, 0) is 9.53 Å². The Morgan fingerprint density at radius 1 is 1.42 bits per heavy atom. The summed E-state index contributed by atoms with van der Waals surface area (Å²) in [5.41, 5.74) is 7.80. The van der Waals surface area contributed by atoms with Gasteiger partial charge >= 0.3 is 0 Å². The number of benzene rings is 1. The Kier molecular flexibility index (Phi) is 5.01. The van der Waals surface area contributed by atoms with Crippen molar-refractivity contribution in [2.45, 2.75) is 38.0 Å². The number of nitrogens with two attached hydrogens (primary N) is 1. The summed E-state index contributed by atoms with van der Waals surface area (Å²) in [5, 5.41) is 20.3. The average Bonchev–Trinajstić information content (AvgIpc) is 2.56. The number of aliphatic hydroxyl groups is 1. The Morgan fingerprint density at radius 3 is 2.62 bits per heavy atom. The Hall–Kier alpha value is -1.34. The summed E-state index contributed by atoms with van der Waals surface area (Å²) in [6.45, 7) is 3.21. The third-order valence-corrected chi connectivity index (χ3v) is 5.47. The van der Waals surface area contributed by atoms with Gasteiger partial charge in [-0.15, -0.1) is 0 Å². The smallest absolute Gasteiger partial charge is 0.254 e. The van der Waals surface area contributed by atoms with Gasteiger partial charge in [0.25, 0.3) is 5.91 Å². The first-order chi connectivity index (χ1) is 11.4. The van der Waals surface area contributed by atoms with E-state index in [9.17, 15) is 15.0 Å². The molecule has 132 valence electrons. The summed E-state index contributed by atoms with van der Waals surface area (Å²) < 4.78 is 5.13. The van der Waals surface area contributed by atoms with Gasteiger partial charge in [-0.05, 0) is 43.4 Å². The molecule has 4 N–H and O–H groups in total. The fourth-order valence-electron chi connectivity index (χ4n) is 3.38. The average molecular weight is 355 g/mol. The van der Waals surface area contributed by atoms with Gasteiger partial charge in [0.15, 0.2) is 6.10 Å². The van der Waals surface area contributed by atoms with Crippen LogP contribution in [0.25, 0.3) is 0 Å². The second-order valence-corrected chi connectivity index (χ2v) is 7.08. The molecule has 3 rings (SSSR count). The zero-order valence-corrected chi connectivity index (χ0v) is 14.4. The molecule has 0 saturated carbocycles. The van der Waals surface area contributed by atoms with Crippen LogP contribution in [-0.4, -0.2) is 52.9 Å². The maximum absolute atomic E-state index is 12.2. The summed E-state index contributed by atoms with van der Waals surface area (Å²) in [7, 11) is 0. The Balaban J connectivity index is 1.62. The Bertz CT molecular complexity index is 631. The zero-order valence-electron chi connectivity index (χ0n) is 13.6. The molecule has 1 aromatic carbocycles. The molecule has 2 unspecified atom stereocenters. The molecule has 1 aromatic rings. The maximum atomic E-state index is 12.2. The van der Waals surface area contributed by atoms with Crippen LogP contribution in [0.3, 0.4) is 0 Å². The van der Waals surface area contributed by atoms with Gasteiger partial charge in [-0.3, -0.25) is 4.79 Å². The number of carbonyl (C=O) groups excluding carboxylic acids is 1. The van der Waals surface area contributed by atoms with E-state index in [0.717, 1.165) is 18.4 Å². The van der Waals surface area contributed by atoms with Crippen LogP contribution in [0.2, 0.25) is 5.02 Å². The van der Waals surface area contributed by atoms with E-state index in [1.807, 2.05) is 6.92 Å². The van der Waals surface area contributed by atoms with E-state index in [-0.39, 0.29) is 30.2 Å². The van der Waals surface area contributed by atoms with Crippen molar-refractivity contribution >= 4 is 17.5 Å². The molecule has 2 saturated heterocycles. The highest BCUT2D eigenvalue weighted by atomic mass is 35.5. The number of hydrogen-bond acceptors (Lipinski definition) is 5. The molecule has 2 heterocycles. The van der Waals surface area contributed by atoms with Gasteiger partial charge in [0.2, 0.25) is 0 Å². The maximum Gasteiger partial charge on any atom is 0.254 e. The first-order valence-corrected chi connectivity index (χ1v) is 8.59. The number of rotatable bonds is 3. The number of halogens is 1. The molecule has 3 atom stereocenters. The highest BCUT2D eigenvalue weighted by molar-refractivity contribution is 6.31. The lowest BCUT2D eigenvalue weighted by Gasteiger charge is -2.40. The number of aryl methyl sites for hydroxylation is 1. The van der Waals surface area contributed by atoms with Crippen molar-refractivity contribution in [1.29, 1.82) is 0 Å².